The van der Waals surface area contributed by atoms with Crippen LogP contribution in [0.1, 0.15) is 18.7 Å². The Balaban J connectivity index is 3.03. The smallest absolute Gasteiger partial charge is 0.377 e. The fourth-order valence-corrected chi connectivity index (χ4v) is 1.14. The third kappa shape index (κ3) is 1.96. The molecule has 0 fully saturated rings. The van der Waals surface area contributed by atoms with Gasteiger partial charge in [0.05, 0.1) is 5.69 Å². The van der Waals surface area contributed by atoms with Crippen LogP contribution in [0.4, 0.5) is 8.78 Å². The van der Waals surface area contributed by atoms with Gasteiger partial charge in [-0.25, -0.2) is 4.79 Å². The lowest BCUT2D eigenvalue weighted by molar-refractivity contribution is -0.183. The molecule has 0 aliphatic carbocycles. The lowest BCUT2D eigenvalue weighted by atomic mass is 10.1. The molecule has 5 nitrogen and oxygen atoms in total. The number of hydrogen-bond acceptors (Lipinski definition) is 3. The molecule has 0 bridgehead atoms. The van der Waals surface area contributed by atoms with Gasteiger partial charge in [-0.1, -0.05) is 0 Å². The number of aliphatic hydroxyl groups excluding tert-OH is 1. The van der Waals surface area contributed by atoms with E-state index in [2.05, 4.69) is 5.10 Å². The molecule has 1 atom stereocenters. The predicted octanol–water partition coefficient (Wildman–Crippen LogP) is 0.656. The maximum absolute atomic E-state index is 12.9. The molecule has 7 heteroatoms. The number of carbonyl (C=O) groups is 1. The van der Waals surface area contributed by atoms with E-state index >= 15 is 0 Å². The third-order valence-corrected chi connectivity index (χ3v) is 1.96. The molecule has 1 rings (SSSR count). The van der Waals surface area contributed by atoms with Crippen LogP contribution in [0.5, 0.6) is 0 Å². The molecule has 1 aromatic heterocycles. The number of alkyl halides is 2. The van der Waals surface area contributed by atoms with E-state index in [0.29, 0.717) is 0 Å². The summed E-state index contributed by atoms with van der Waals surface area (Å²) in [4.78, 5) is 10.2. The number of nitrogens with zero attached hydrogens (tertiary/aromatic N) is 2. The topological polar surface area (TPSA) is 75.3 Å². The van der Waals surface area contributed by atoms with Crippen LogP contribution in [0.15, 0.2) is 12.3 Å². The van der Waals surface area contributed by atoms with Crippen molar-refractivity contribution in [1.82, 2.24) is 9.78 Å². The van der Waals surface area contributed by atoms with Gasteiger partial charge in [0.1, 0.15) is 0 Å². The Labute approximate surface area is 83.9 Å². The van der Waals surface area contributed by atoms with Crippen molar-refractivity contribution in [3.63, 3.8) is 0 Å². The fraction of sp³-hybridized carbons (Fsp3) is 0.500. The number of aryl methyl sites for hydroxylation is 1. The van der Waals surface area contributed by atoms with Gasteiger partial charge in [0, 0.05) is 12.7 Å². The highest BCUT2D eigenvalue weighted by Crippen LogP contribution is 2.31. The molecule has 2 N–H and O–H groups in total. The molecule has 0 saturated heterocycles. The minimum Gasteiger partial charge on any atom is -0.477 e. The zero-order valence-corrected chi connectivity index (χ0v) is 7.89. The monoisotopic (exact) mass is 220 g/mol. The average Bonchev–Trinajstić information content (AvgIpc) is 2.63. The number of aliphatic carboxylic acids is 1. The van der Waals surface area contributed by atoms with E-state index in [1.165, 1.54) is 6.20 Å². The number of rotatable bonds is 4. The van der Waals surface area contributed by atoms with E-state index in [9.17, 15) is 18.7 Å². The third-order valence-electron chi connectivity index (χ3n) is 1.96. The van der Waals surface area contributed by atoms with Crippen LogP contribution in [0.2, 0.25) is 0 Å². The van der Waals surface area contributed by atoms with Crippen molar-refractivity contribution in [1.29, 1.82) is 0 Å². The van der Waals surface area contributed by atoms with Crippen molar-refractivity contribution < 1.29 is 23.8 Å². The van der Waals surface area contributed by atoms with Crippen LogP contribution in [0.3, 0.4) is 0 Å². The van der Waals surface area contributed by atoms with Crippen molar-refractivity contribution in [3.05, 3.63) is 18.0 Å². The second-order valence-corrected chi connectivity index (χ2v) is 2.90. The van der Waals surface area contributed by atoms with Gasteiger partial charge in [0.2, 0.25) is 0 Å². The summed E-state index contributed by atoms with van der Waals surface area (Å²) >= 11 is 0. The lowest BCUT2D eigenvalue weighted by Gasteiger charge is -2.18. The van der Waals surface area contributed by atoms with E-state index in [1.54, 1.807) is 6.92 Å². The van der Waals surface area contributed by atoms with Gasteiger partial charge in [-0.3, -0.25) is 4.68 Å². The number of halogens is 2. The van der Waals surface area contributed by atoms with E-state index in [0.717, 1.165) is 10.7 Å². The molecule has 0 aliphatic heterocycles. The predicted molar refractivity (Wildman–Crippen MR) is 45.4 cm³/mol. The number of aromatic nitrogens is 2. The summed E-state index contributed by atoms with van der Waals surface area (Å²) in [5.41, 5.74) is -0.218. The molecule has 0 aliphatic rings. The van der Waals surface area contributed by atoms with Crippen molar-refractivity contribution in [2.45, 2.75) is 25.5 Å². The highest BCUT2D eigenvalue weighted by Gasteiger charge is 2.48. The highest BCUT2D eigenvalue weighted by molar-refractivity contribution is 5.76. The molecule has 1 aromatic rings. The molecule has 0 amide bonds. The molecule has 15 heavy (non-hydrogen) atoms. The lowest BCUT2D eigenvalue weighted by Crippen LogP contribution is -2.36. The van der Waals surface area contributed by atoms with Crippen LogP contribution in [-0.4, -0.2) is 31.9 Å². The molecular formula is C8H10F2N2O3. The second-order valence-electron chi connectivity index (χ2n) is 2.90. The zero-order chi connectivity index (χ0) is 11.6. The Bertz CT molecular complexity index is 365. The first-order chi connectivity index (χ1) is 6.91. The largest absolute Gasteiger partial charge is 0.477 e. The van der Waals surface area contributed by atoms with Gasteiger partial charge in [0.25, 0.3) is 0 Å². The molecule has 0 spiro atoms. The first-order valence-corrected chi connectivity index (χ1v) is 4.22. The zero-order valence-electron chi connectivity index (χ0n) is 7.89. The van der Waals surface area contributed by atoms with Crippen molar-refractivity contribution in [2.75, 3.05) is 0 Å². The van der Waals surface area contributed by atoms with Gasteiger partial charge in [0.15, 0.2) is 6.10 Å². The van der Waals surface area contributed by atoms with Gasteiger partial charge in [-0.05, 0) is 13.0 Å². The second kappa shape index (κ2) is 3.93. The minimum atomic E-state index is -4.22. The summed E-state index contributed by atoms with van der Waals surface area (Å²) < 4.78 is 27.0. The Kier molecular flexibility index (Phi) is 3.04. The van der Waals surface area contributed by atoms with Crippen LogP contribution in [-0.2, 0) is 11.3 Å². The summed E-state index contributed by atoms with van der Waals surface area (Å²) in [5, 5.41) is 21.1. The van der Waals surface area contributed by atoms with Gasteiger partial charge in [-0.2, -0.15) is 13.9 Å². The van der Waals surface area contributed by atoms with Crippen molar-refractivity contribution in [2.24, 2.45) is 0 Å². The number of carboxylic acid groups (broad SMARTS) is 1. The molecule has 1 heterocycles. The van der Waals surface area contributed by atoms with E-state index in [1.807, 2.05) is 0 Å². The summed E-state index contributed by atoms with van der Waals surface area (Å²) in [7, 11) is 0. The van der Waals surface area contributed by atoms with E-state index in [-0.39, 0.29) is 12.2 Å². The highest BCUT2D eigenvalue weighted by atomic mass is 19.3. The van der Waals surface area contributed by atoms with Crippen LogP contribution >= 0.6 is 0 Å². The summed E-state index contributed by atoms with van der Waals surface area (Å²) in [5.74, 6) is -6.58. The maximum atomic E-state index is 12.9. The van der Waals surface area contributed by atoms with Crippen molar-refractivity contribution >= 4 is 5.97 Å². The maximum Gasteiger partial charge on any atom is 0.377 e. The van der Waals surface area contributed by atoms with E-state index in [4.69, 9.17) is 5.11 Å². The van der Waals surface area contributed by atoms with Gasteiger partial charge < -0.3 is 10.2 Å². The van der Waals surface area contributed by atoms with E-state index < -0.39 is 18.0 Å². The number of hydrogen-bond donors (Lipinski definition) is 2. The fourth-order valence-electron chi connectivity index (χ4n) is 1.14. The molecule has 0 saturated carbocycles. The van der Waals surface area contributed by atoms with Crippen LogP contribution < -0.4 is 0 Å². The number of carboxylic acids is 1. The summed E-state index contributed by atoms with van der Waals surface area (Å²) in [6.07, 6.45) is -1.17. The Hall–Kier alpha value is -1.50. The standard InChI is InChI=1S/C8H10F2N2O3/c1-2-12-5(3-4-11-12)6(13)8(9,10)7(14)15/h3-4,6,13H,2H2,1H3,(H,14,15). The Morgan fingerprint density at radius 2 is 2.33 bits per heavy atom. The molecule has 0 aromatic carbocycles. The first-order valence-electron chi connectivity index (χ1n) is 4.22. The first kappa shape index (κ1) is 11.6. The molecule has 0 radical (unpaired) electrons. The molecule has 84 valence electrons. The number of aliphatic hydroxyl groups is 1. The van der Waals surface area contributed by atoms with Gasteiger partial charge >= 0.3 is 11.9 Å². The minimum absolute atomic E-state index is 0.218. The summed E-state index contributed by atoms with van der Waals surface area (Å²) in [6.45, 7) is 1.91. The quantitative estimate of drug-likeness (QED) is 0.781. The Morgan fingerprint density at radius 1 is 1.73 bits per heavy atom. The van der Waals surface area contributed by atoms with Crippen molar-refractivity contribution in [3.8, 4) is 0 Å². The summed E-state index contributed by atoms with van der Waals surface area (Å²) in [6, 6.07) is 1.16. The average molecular weight is 220 g/mol. The molecular weight excluding hydrogens is 210 g/mol. The molecule has 1 unspecified atom stereocenters. The Morgan fingerprint density at radius 3 is 2.80 bits per heavy atom. The van der Waals surface area contributed by atoms with Crippen LogP contribution in [0, 0.1) is 0 Å². The normalized spacial score (nSPS) is 13.9. The van der Waals surface area contributed by atoms with Crippen LogP contribution in [0.25, 0.3) is 0 Å². The SMILES string of the molecule is CCn1nccc1C(O)C(F)(F)C(=O)O. The van der Waals surface area contributed by atoms with Gasteiger partial charge in [-0.15, -0.1) is 0 Å².